The standard InChI is InChI=1S/C21H23ClN4O2/c1-12(23)15-6-4-8-26(11-15)21(27)17-10-18(14-5-3-7-16(22)9-14)24-20-19(17)13(2)25-28-20/h3,5,7,9-10,12,15H,4,6,8,11,23H2,1-2H3. The Morgan fingerprint density at radius 2 is 2.21 bits per heavy atom. The van der Waals surface area contributed by atoms with E-state index in [1.807, 2.05) is 43.0 Å². The number of carbonyl (C=O) groups is 1. The highest BCUT2D eigenvalue weighted by atomic mass is 35.5. The van der Waals surface area contributed by atoms with Crippen molar-refractivity contribution in [3.63, 3.8) is 0 Å². The van der Waals surface area contributed by atoms with Crippen molar-refractivity contribution in [2.24, 2.45) is 11.7 Å². The molecule has 28 heavy (non-hydrogen) atoms. The summed E-state index contributed by atoms with van der Waals surface area (Å²) < 4.78 is 5.39. The number of benzene rings is 1. The normalized spacial score (nSPS) is 18.4. The lowest BCUT2D eigenvalue weighted by molar-refractivity contribution is 0.0663. The maximum absolute atomic E-state index is 13.4. The maximum atomic E-state index is 13.4. The SMILES string of the molecule is Cc1noc2nc(-c3cccc(Cl)c3)cc(C(=O)N3CCCC(C(C)N)C3)c12. The molecular weight excluding hydrogens is 376 g/mol. The highest BCUT2D eigenvalue weighted by Gasteiger charge is 2.29. The molecule has 1 saturated heterocycles. The monoisotopic (exact) mass is 398 g/mol. The predicted molar refractivity (Wildman–Crippen MR) is 109 cm³/mol. The van der Waals surface area contributed by atoms with Crippen LogP contribution in [0.15, 0.2) is 34.9 Å². The number of hydrogen-bond donors (Lipinski definition) is 1. The number of fused-ring (bicyclic) bond motifs is 1. The number of likely N-dealkylation sites (tertiary alicyclic amines) is 1. The maximum Gasteiger partial charge on any atom is 0.259 e. The molecule has 146 valence electrons. The summed E-state index contributed by atoms with van der Waals surface area (Å²) in [6.45, 7) is 5.22. The van der Waals surface area contributed by atoms with Gasteiger partial charge in [-0.2, -0.15) is 0 Å². The highest BCUT2D eigenvalue weighted by Crippen LogP contribution is 2.30. The molecule has 3 heterocycles. The molecule has 1 aliphatic heterocycles. The van der Waals surface area contributed by atoms with E-state index in [-0.39, 0.29) is 11.9 Å². The number of hydrogen-bond acceptors (Lipinski definition) is 5. The Kier molecular flexibility index (Phi) is 5.08. The molecule has 0 radical (unpaired) electrons. The van der Waals surface area contributed by atoms with Crippen LogP contribution < -0.4 is 5.73 Å². The summed E-state index contributed by atoms with van der Waals surface area (Å²) >= 11 is 6.14. The van der Waals surface area contributed by atoms with Crippen LogP contribution in [-0.2, 0) is 0 Å². The van der Waals surface area contributed by atoms with E-state index in [1.165, 1.54) is 0 Å². The lowest BCUT2D eigenvalue weighted by Crippen LogP contribution is -2.45. The van der Waals surface area contributed by atoms with E-state index < -0.39 is 0 Å². The van der Waals surface area contributed by atoms with E-state index in [9.17, 15) is 4.79 Å². The third-order valence-electron chi connectivity index (χ3n) is 5.46. The lowest BCUT2D eigenvalue weighted by atomic mass is 9.91. The molecule has 0 saturated carbocycles. The second-order valence-electron chi connectivity index (χ2n) is 7.53. The molecule has 0 aliphatic carbocycles. The van der Waals surface area contributed by atoms with Gasteiger partial charge in [-0.3, -0.25) is 4.79 Å². The fraction of sp³-hybridized carbons (Fsp3) is 0.381. The van der Waals surface area contributed by atoms with Gasteiger partial charge in [-0.1, -0.05) is 28.9 Å². The number of aryl methyl sites for hydroxylation is 1. The van der Waals surface area contributed by atoms with E-state index in [0.717, 1.165) is 24.9 Å². The van der Waals surface area contributed by atoms with Crippen molar-refractivity contribution in [2.45, 2.75) is 32.7 Å². The van der Waals surface area contributed by atoms with E-state index in [1.54, 1.807) is 6.07 Å². The van der Waals surface area contributed by atoms with Gasteiger partial charge < -0.3 is 15.2 Å². The minimum Gasteiger partial charge on any atom is -0.338 e. The van der Waals surface area contributed by atoms with Crippen molar-refractivity contribution in [3.05, 3.63) is 46.6 Å². The number of nitrogens with two attached hydrogens (primary N) is 1. The summed E-state index contributed by atoms with van der Waals surface area (Å²) in [5, 5.41) is 5.30. The van der Waals surface area contributed by atoms with Gasteiger partial charge in [0, 0.05) is 29.7 Å². The number of amides is 1. The van der Waals surface area contributed by atoms with Gasteiger partial charge in [0.25, 0.3) is 11.6 Å². The topological polar surface area (TPSA) is 85.2 Å². The zero-order valence-corrected chi connectivity index (χ0v) is 16.7. The summed E-state index contributed by atoms with van der Waals surface area (Å²) in [6.07, 6.45) is 2.00. The molecule has 1 aliphatic rings. The molecule has 0 bridgehead atoms. The molecule has 2 atom stereocenters. The van der Waals surface area contributed by atoms with Crippen molar-refractivity contribution >= 4 is 28.6 Å². The molecule has 1 aromatic carbocycles. The summed E-state index contributed by atoms with van der Waals surface area (Å²) in [7, 11) is 0. The number of pyridine rings is 1. The van der Waals surface area contributed by atoms with Crippen LogP contribution in [0, 0.1) is 12.8 Å². The second-order valence-corrected chi connectivity index (χ2v) is 7.96. The number of rotatable bonds is 3. The van der Waals surface area contributed by atoms with Gasteiger partial charge in [0.2, 0.25) is 0 Å². The van der Waals surface area contributed by atoms with Crippen LogP contribution in [0.1, 0.15) is 35.8 Å². The first kappa shape index (κ1) is 18.9. The van der Waals surface area contributed by atoms with Gasteiger partial charge in [-0.05, 0) is 50.8 Å². The summed E-state index contributed by atoms with van der Waals surface area (Å²) in [5.74, 6) is 0.276. The molecule has 1 fully saturated rings. The molecule has 2 aromatic heterocycles. The third kappa shape index (κ3) is 3.50. The Morgan fingerprint density at radius 3 is 2.96 bits per heavy atom. The number of nitrogens with zero attached hydrogens (tertiary/aromatic N) is 3. The molecular formula is C21H23ClN4O2. The van der Waals surface area contributed by atoms with Gasteiger partial charge in [-0.25, -0.2) is 4.98 Å². The molecule has 3 aromatic rings. The average Bonchev–Trinajstić information content (AvgIpc) is 3.08. The second kappa shape index (κ2) is 7.53. The number of aromatic nitrogens is 2. The number of piperidine rings is 1. The van der Waals surface area contributed by atoms with E-state index in [2.05, 4.69) is 10.1 Å². The first-order chi connectivity index (χ1) is 13.4. The Morgan fingerprint density at radius 1 is 1.39 bits per heavy atom. The minimum atomic E-state index is -0.0349. The fourth-order valence-electron chi connectivity index (χ4n) is 3.85. The van der Waals surface area contributed by atoms with E-state index in [0.29, 0.717) is 45.5 Å². The van der Waals surface area contributed by atoms with Gasteiger partial charge in [0.15, 0.2) is 0 Å². The highest BCUT2D eigenvalue weighted by molar-refractivity contribution is 6.30. The summed E-state index contributed by atoms with van der Waals surface area (Å²) in [5.41, 5.74) is 9.13. The predicted octanol–water partition coefficient (Wildman–Crippen LogP) is 4.05. The van der Waals surface area contributed by atoms with Crippen molar-refractivity contribution in [2.75, 3.05) is 13.1 Å². The minimum absolute atomic E-state index is 0.0349. The summed E-state index contributed by atoms with van der Waals surface area (Å²) in [4.78, 5) is 19.9. The van der Waals surface area contributed by atoms with E-state index >= 15 is 0 Å². The van der Waals surface area contributed by atoms with E-state index in [4.69, 9.17) is 21.9 Å². The van der Waals surface area contributed by atoms with Gasteiger partial charge in [0.05, 0.1) is 22.3 Å². The fourth-order valence-corrected chi connectivity index (χ4v) is 4.04. The zero-order chi connectivity index (χ0) is 19.8. The lowest BCUT2D eigenvalue weighted by Gasteiger charge is -2.34. The zero-order valence-electron chi connectivity index (χ0n) is 16.0. The largest absolute Gasteiger partial charge is 0.338 e. The van der Waals surface area contributed by atoms with Crippen LogP contribution in [0.4, 0.5) is 0 Å². The van der Waals surface area contributed by atoms with Crippen molar-refractivity contribution < 1.29 is 9.32 Å². The quantitative estimate of drug-likeness (QED) is 0.719. The Hall–Kier alpha value is -2.44. The molecule has 6 nitrogen and oxygen atoms in total. The average molecular weight is 399 g/mol. The van der Waals surface area contributed by atoms with Crippen LogP contribution in [0.3, 0.4) is 0 Å². The third-order valence-corrected chi connectivity index (χ3v) is 5.69. The van der Waals surface area contributed by atoms with Crippen LogP contribution in [0.5, 0.6) is 0 Å². The van der Waals surface area contributed by atoms with Crippen molar-refractivity contribution in [1.82, 2.24) is 15.0 Å². The first-order valence-corrected chi connectivity index (χ1v) is 9.89. The van der Waals surface area contributed by atoms with Crippen LogP contribution >= 0.6 is 11.6 Å². The Balaban J connectivity index is 1.79. The van der Waals surface area contributed by atoms with Crippen LogP contribution in [-0.4, -0.2) is 40.1 Å². The Bertz CT molecular complexity index is 1030. The van der Waals surface area contributed by atoms with Gasteiger partial charge in [-0.15, -0.1) is 0 Å². The van der Waals surface area contributed by atoms with Crippen LogP contribution in [0.25, 0.3) is 22.4 Å². The first-order valence-electron chi connectivity index (χ1n) is 9.52. The van der Waals surface area contributed by atoms with Crippen molar-refractivity contribution in [1.29, 1.82) is 0 Å². The van der Waals surface area contributed by atoms with Gasteiger partial charge >= 0.3 is 0 Å². The number of halogens is 1. The summed E-state index contributed by atoms with van der Waals surface area (Å²) in [6, 6.07) is 9.26. The van der Waals surface area contributed by atoms with Gasteiger partial charge in [0.1, 0.15) is 0 Å². The van der Waals surface area contributed by atoms with Crippen LogP contribution in [0.2, 0.25) is 5.02 Å². The molecule has 7 heteroatoms. The van der Waals surface area contributed by atoms with Crippen molar-refractivity contribution in [3.8, 4) is 11.3 Å². The molecule has 1 amide bonds. The molecule has 2 N–H and O–H groups in total. The molecule has 4 rings (SSSR count). The Labute approximate surface area is 168 Å². The smallest absolute Gasteiger partial charge is 0.259 e. The molecule has 2 unspecified atom stereocenters. The molecule has 0 spiro atoms. The number of carbonyl (C=O) groups excluding carboxylic acids is 1.